The Morgan fingerprint density at radius 2 is 1.30 bits per heavy atom. The molecule has 0 aromatic rings. The second-order valence-electron chi connectivity index (χ2n) is 19.6. The number of aliphatic carboxylic acids is 1. The molecule has 0 aliphatic heterocycles. The summed E-state index contributed by atoms with van der Waals surface area (Å²) in [6.07, 6.45) is 13.6. The van der Waals surface area contributed by atoms with E-state index in [4.69, 9.17) is 8.85 Å². The third-order valence-electron chi connectivity index (χ3n) is 17.4. The van der Waals surface area contributed by atoms with Gasteiger partial charge in [-0.2, -0.15) is 0 Å². The number of hydrogen-bond acceptors (Lipinski definition) is 4. The van der Waals surface area contributed by atoms with Crippen molar-refractivity contribution in [2.24, 2.45) is 50.7 Å². The Morgan fingerprint density at radius 1 is 0.740 bits per heavy atom. The molecular formula is C43H80O5Si2. The Morgan fingerprint density at radius 3 is 1.80 bits per heavy atom. The van der Waals surface area contributed by atoms with E-state index in [1.807, 2.05) is 0 Å². The van der Waals surface area contributed by atoms with Crippen molar-refractivity contribution in [3.8, 4) is 0 Å². The SMILES string of the molecule is CC[C@]1(C)C[C@H](O[Si](CC)(CC)CC)[C@@]2(C(=O)O)CCC(C)(C)CC2C1CCC1CCC[C@@H]2C1(C)CC[C@H](O[Si](CC)(CC)CC)[C@]2(C)C=O. The number of carbonyl (C=O) groups excluding carboxylic acids is 1. The molecule has 0 saturated heterocycles. The van der Waals surface area contributed by atoms with Crippen molar-refractivity contribution in [2.45, 2.75) is 209 Å². The fourth-order valence-corrected chi connectivity index (χ4v) is 18.8. The van der Waals surface area contributed by atoms with E-state index in [0.717, 1.165) is 100 Å². The van der Waals surface area contributed by atoms with E-state index < -0.39 is 33.4 Å². The Kier molecular flexibility index (Phi) is 13.3. The first-order valence-corrected chi connectivity index (χ1v) is 26.5. The lowest BCUT2D eigenvalue weighted by Gasteiger charge is -2.63. The highest BCUT2D eigenvalue weighted by molar-refractivity contribution is 6.74. The largest absolute Gasteiger partial charge is 0.481 e. The quantitative estimate of drug-likeness (QED) is 0.126. The maximum atomic E-state index is 13.9. The van der Waals surface area contributed by atoms with E-state index in [-0.39, 0.29) is 34.4 Å². The van der Waals surface area contributed by atoms with Gasteiger partial charge in [-0.25, -0.2) is 0 Å². The number of aldehydes is 1. The van der Waals surface area contributed by atoms with Crippen LogP contribution in [-0.4, -0.2) is 46.2 Å². The lowest BCUT2D eigenvalue weighted by molar-refractivity contribution is -0.199. The van der Waals surface area contributed by atoms with E-state index in [2.05, 4.69) is 83.1 Å². The van der Waals surface area contributed by atoms with E-state index in [9.17, 15) is 14.7 Å². The first-order chi connectivity index (χ1) is 23.4. The molecule has 0 spiro atoms. The minimum absolute atomic E-state index is 0.0349. The van der Waals surface area contributed by atoms with Crippen LogP contribution in [0.5, 0.6) is 0 Å². The predicted octanol–water partition coefficient (Wildman–Crippen LogP) is 12.3. The second kappa shape index (κ2) is 15.7. The minimum atomic E-state index is -2.03. The molecule has 50 heavy (non-hydrogen) atoms. The number of fused-ring (bicyclic) bond motifs is 2. The third kappa shape index (κ3) is 7.19. The Bertz CT molecular complexity index is 1150. The molecule has 4 saturated carbocycles. The lowest BCUT2D eigenvalue weighted by Crippen LogP contribution is -2.64. The standard InChI is InChI=1S/C43H80O5Si2/c1-13-40(10)30-37(48-50(17-5,18-6)19-7)43(38(45)46)28-27-39(8,9)29-34(43)33(40)24-23-32-21-20-22-35-41(32,11)26-25-36(42(35,12)31-44)47-49(14-2,15-3)16-4/h31-37H,13-30H2,1-12H3,(H,45,46)/t32?,33?,34?,35-,36+,37+,40-,41?,42-,43-/m1/s1. The van der Waals surface area contributed by atoms with Crippen LogP contribution in [0.2, 0.25) is 36.3 Å². The summed E-state index contributed by atoms with van der Waals surface area (Å²) in [5.41, 5.74) is -0.964. The molecule has 0 aromatic heterocycles. The summed E-state index contributed by atoms with van der Waals surface area (Å²) < 4.78 is 14.6. The highest BCUT2D eigenvalue weighted by Gasteiger charge is 2.66. The van der Waals surface area contributed by atoms with E-state index in [1.165, 1.54) is 19.1 Å². The Hall–Kier alpha value is -0.506. The van der Waals surface area contributed by atoms with Gasteiger partial charge in [0.25, 0.3) is 0 Å². The summed E-state index contributed by atoms with van der Waals surface area (Å²) in [5.74, 6) is 0.781. The average molecular weight is 733 g/mol. The molecule has 0 heterocycles. The summed E-state index contributed by atoms with van der Waals surface area (Å²) >= 11 is 0. The molecule has 5 nitrogen and oxygen atoms in total. The summed E-state index contributed by atoms with van der Waals surface area (Å²) in [6, 6.07) is 6.52. The molecule has 4 aliphatic carbocycles. The van der Waals surface area contributed by atoms with Gasteiger partial charge in [-0.1, -0.05) is 95.9 Å². The van der Waals surface area contributed by atoms with Crippen LogP contribution in [-0.2, 0) is 18.4 Å². The molecule has 1 N–H and O–H groups in total. The molecule has 0 amide bonds. The van der Waals surface area contributed by atoms with Crippen molar-refractivity contribution in [3.63, 3.8) is 0 Å². The van der Waals surface area contributed by atoms with Crippen molar-refractivity contribution < 1.29 is 23.5 Å². The topological polar surface area (TPSA) is 72.8 Å². The molecule has 4 aliphatic rings. The van der Waals surface area contributed by atoms with E-state index in [1.54, 1.807) is 0 Å². The highest BCUT2D eigenvalue weighted by Crippen LogP contribution is 2.66. The van der Waals surface area contributed by atoms with Gasteiger partial charge < -0.3 is 18.8 Å². The van der Waals surface area contributed by atoms with Gasteiger partial charge in [-0.05, 0) is 140 Å². The minimum Gasteiger partial charge on any atom is -0.481 e. The van der Waals surface area contributed by atoms with Gasteiger partial charge in [-0.3, -0.25) is 4.79 Å². The molecule has 0 bridgehead atoms. The highest BCUT2D eigenvalue weighted by atomic mass is 28.4. The molecule has 7 heteroatoms. The molecule has 4 fully saturated rings. The third-order valence-corrected chi connectivity index (χ3v) is 26.7. The normalized spacial score (nSPS) is 40.5. The van der Waals surface area contributed by atoms with Crippen LogP contribution in [0.15, 0.2) is 0 Å². The first-order valence-electron chi connectivity index (χ1n) is 21.5. The average Bonchev–Trinajstić information content (AvgIpc) is 3.10. The number of carbonyl (C=O) groups is 2. The first kappa shape index (κ1) is 42.2. The van der Waals surface area contributed by atoms with Crippen molar-refractivity contribution in [1.82, 2.24) is 0 Å². The monoisotopic (exact) mass is 733 g/mol. The van der Waals surface area contributed by atoms with Crippen molar-refractivity contribution >= 4 is 28.9 Å². The maximum absolute atomic E-state index is 13.9. The van der Waals surface area contributed by atoms with Crippen LogP contribution < -0.4 is 0 Å². The zero-order valence-corrected chi connectivity index (χ0v) is 36.8. The molecule has 4 rings (SSSR count). The number of rotatable bonds is 16. The Labute approximate surface area is 310 Å². The summed E-state index contributed by atoms with van der Waals surface area (Å²) in [7, 11) is -3.88. The zero-order valence-electron chi connectivity index (χ0n) is 34.8. The number of carboxylic acids is 1. The fraction of sp³-hybridized carbons (Fsp3) is 0.953. The van der Waals surface area contributed by atoms with Crippen LogP contribution in [0.25, 0.3) is 0 Å². The molecule has 10 atom stereocenters. The van der Waals surface area contributed by atoms with Gasteiger partial charge >= 0.3 is 5.97 Å². The van der Waals surface area contributed by atoms with E-state index in [0.29, 0.717) is 17.8 Å². The summed E-state index contributed by atoms with van der Waals surface area (Å²) in [6.45, 7) is 28.1. The summed E-state index contributed by atoms with van der Waals surface area (Å²) in [5, 5.41) is 11.4. The lowest BCUT2D eigenvalue weighted by atomic mass is 9.43. The molecule has 0 radical (unpaired) electrons. The maximum Gasteiger partial charge on any atom is 0.312 e. The molecule has 0 aromatic carbocycles. The van der Waals surface area contributed by atoms with Gasteiger partial charge in [0.2, 0.25) is 0 Å². The van der Waals surface area contributed by atoms with Gasteiger partial charge in [0.15, 0.2) is 16.6 Å². The smallest absolute Gasteiger partial charge is 0.312 e. The van der Waals surface area contributed by atoms with Crippen LogP contribution >= 0.6 is 0 Å². The van der Waals surface area contributed by atoms with Gasteiger partial charge in [0, 0.05) is 0 Å². The van der Waals surface area contributed by atoms with Gasteiger partial charge in [0.05, 0.1) is 23.0 Å². The van der Waals surface area contributed by atoms with Crippen molar-refractivity contribution in [2.75, 3.05) is 0 Å². The second-order valence-corrected chi connectivity index (χ2v) is 29.1. The van der Waals surface area contributed by atoms with Crippen LogP contribution in [0, 0.1) is 50.7 Å². The Balaban J connectivity index is 1.68. The predicted molar refractivity (Wildman–Crippen MR) is 213 cm³/mol. The van der Waals surface area contributed by atoms with Crippen molar-refractivity contribution in [1.29, 1.82) is 0 Å². The molecule has 4 unspecified atom stereocenters. The molecular weight excluding hydrogens is 653 g/mol. The zero-order chi connectivity index (χ0) is 37.4. The number of carboxylic acid groups (broad SMARTS) is 1. The van der Waals surface area contributed by atoms with Crippen LogP contribution in [0.4, 0.5) is 0 Å². The molecule has 290 valence electrons. The van der Waals surface area contributed by atoms with Gasteiger partial charge in [0.1, 0.15) is 6.29 Å². The number of hydrogen-bond donors (Lipinski definition) is 1. The van der Waals surface area contributed by atoms with Crippen LogP contribution in [0.3, 0.4) is 0 Å². The van der Waals surface area contributed by atoms with E-state index >= 15 is 0 Å². The van der Waals surface area contributed by atoms with Crippen molar-refractivity contribution in [3.05, 3.63) is 0 Å². The summed E-state index contributed by atoms with van der Waals surface area (Å²) in [4.78, 5) is 27.1. The fourth-order valence-electron chi connectivity index (χ4n) is 13.0. The van der Waals surface area contributed by atoms with Gasteiger partial charge in [-0.15, -0.1) is 0 Å². The van der Waals surface area contributed by atoms with Crippen LogP contribution in [0.1, 0.15) is 160 Å².